The lowest BCUT2D eigenvalue weighted by Crippen LogP contribution is -1.93. The molecule has 4 nitrogen and oxygen atoms in total. The molecule has 1 aliphatic heterocycles. The Kier molecular flexibility index (Phi) is 6.55. The van der Waals surface area contributed by atoms with Crippen LogP contribution in [0, 0.1) is 0 Å². The SMILES string of the molecule is O=C(O)/C=C/C=C/CCCCCCc1ccc2c(c1)OCO2. The molecule has 0 spiro atoms. The smallest absolute Gasteiger partial charge is 0.328 e. The highest BCUT2D eigenvalue weighted by molar-refractivity contribution is 5.80. The van der Waals surface area contributed by atoms with Crippen LogP contribution in [-0.4, -0.2) is 17.9 Å². The fraction of sp³-hybridized carbons (Fsp3) is 0.389. The van der Waals surface area contributed by atoms with Crippen molar-refractivity contribution in [3.63, 3.8) is 0 Å². The van der Waals surface area contributed by atoms with E-state index in [1.165, 1.54) is 24.8 Å². The number of rotatable bonds is 9. The zero-order chi connectivity index (χ0) is 15.6. The highest BCUT2D eigenvalue weighted by Gasteiger charge is 2.12. The minimum absolute atomic E-state index is 0.327. The van der Waals surface area contributed by atoms with Crippen molar-refractivity contribution in [3.8, 4) is 11.5 Å². The zero-order valence-electron chi connectivity index (χ0n) is 12.7. The Labute approximate surface area is 131 Å². The van der Waals surface area contributed by atoms with Gasteiger partial charge < -0.3 is 14.6 Å². The molecule has 0 unspecified atom stereocenters. The third-order valence-corrected chi connectivity index (χ3v) is 3.51. The minimum Gasteiger partial charge on any atom is -0.478 e. The van der Waals surface area contributed by atoms with Gasteiger partial charge in [-0.05, 0) is 43.4 Å². The number of fused-ring (bicyclic) bond motifs is 1. The molecule has 0 atom stereocenters. The second kappa shape index (κ2) is 8.93. The molecular formula is C18H22O4. The van der Waals surface area contributed by atoms with Gasteiger partial charge in [0.05, 0.1) is 0 Å². The highest BCUT2D eigenvalue weighted by atomic mass is 16.7. The number of allylic oxidation sites excluding steroid dienone is 3. The number of aliphatic carboxylic acids is 1. The highest BCUT2D eigenvalue weighted by Crippen LogP contribution is 2.32. The number of carbonyl (C=O) groups is 1. The van der Waals surface area contributed by atoms with Crippen LogP contribution < -0.4 is 9.47 Å². The Morgan fingerprint density at radius 3 is 2.77 bits per heavy atom. The molecule has 0 aromatic heterocycles. The molecule has 0 radical (unpaired) electrons. The van der Waals surface area contributed by atoms with Gasteiger partial charge in [0.2, 0.25) is 6.79 Å². The number of carboxylic acids is 1. The van der Waals surface area contributed by atoms with Gasteiger partial charge in [0, 0.05) is 6.08 Å². The molecule has 1 heterocycles. The van der Waals surface area contributed by atoms with E-state index in [2.05, 4.69) is 12.1 Å². The molecule has 22 heavy (non-hydrogen) atoms. The van der Waals surface area contributed by atoms with Crippen molar-refractivity contribution in [1.82, 2.24) is 0 Å². The van der Waals surface area contributed by atoms with E-state index in [0.29, 0.717) is 6.79 Å². The molecule has 1 aromatic carbocycles. The third kappa shape index (κ3) is 5.64. The third-order valence-electron chi connectivity index (χ3n) is 3.51. The molecule has 0 aliphatic carbocycles. The summed E-state index contributed by atoms with van der Waals surface area (Å²) in [5, 5.41) is 8.42. The van der Waals surface area contributed by atoms with Crippen LogP contribution in [0.1, 0.15) is 37.7 Å². The first-order chi connectivity index (χ1) is 10.8. The minimum atomic E-state index is -0.909. The maximum Gasteiger partial charge on any atom is 0.328 e. The van der Waals surface area contributed by atoms with Crippen molar-refractivity contribution in [2.75, 3.05) is 6.79 Å². The molecule has 0 fully saturated rings. The van der Waals surface area contributed by atoms with Crippen LogP contribution in [0.4, 0.5) is 0 Å². The first-order valence-corrected chi connectivity index (χ1v) is 7.70. The topological polar surface area (TPSA) is 55.8 Å². The van der Waals surface area contributed by atoms with E-state index in [4.69, 9.17) is 14.6 Å². The summed E-state index contributed by atoms with van der Waals surface area (Å²) in [6.45, 7) is 0.327. The van der Waals surface area contributed by atoms with Crippen LogP contribution in [0.2, 0.25) is 0 Å². The molecule has 0 saturated heterocycles. The van der Waals surface area contributed by atoms with Gasteiger partial charge in [-0.1, -0.05) is 37.1 Å². The summed E-state index contributed by atoms with van der Waals surface area (Å²) in [6.07, 6.45) is 13.3. The van der Waals surface area contributed by atoms with E-state index in [1.54, 1.807) is 12.2 Å². The lowest BCUT2D eigenvalue weighted by molar-refractivity contribution is -0.131. The molecule has 0 saturated carbocycles. The number of hydrogen-bond donors (Lipinski definition) is 1. The maximum absolute atomic E-state index is 10.3. The molecule has 1 aromatic rings. The summed E-state index contributed by atoms with van der Waals surface area (Å²) in [4.78, 5) is 10.3. The summed E-state index contributed by atoms with van der Waals surface area (Å²) in [6, 6.07) is 6.15. The van der Waals surface area contributed by atoms with Crippen molar-refractivity contribution in [2.24, 2.45) is 0 Å². The van der Waals surface area contributed by atoms with Crippen molar-refractivity contribution < 1.29 is 19.4 Å². The molecule has 2 rings (SSSR count). The maximum atomic E-state index is 10.3. The Morgan fingerprint density at radius 1 is 1.09 bits per heavy atom. The fourth-order valence-electron chi connectivity index (χ4n) is 2.35. The average Bonchev–Trinajstić information content (AvgIpc) is 2.96. The number of carboxylic acid groups (broad SMARTS) is 1. The zero-order valence-corrected chi connectivity index (χ0v) is 12.7. The summed E-state index contributed by atoms with van der Waals surface area (Å²) in [5.74, 6) is 0.790. The summed E-state index contributed by atoms with van der Waals surface area (Å²) in [5.41, 5.74) is 1.29. The van der Waals surface area contributed by atoms with Crippen molar-refractivity contribution in [2.45, 2.75) is 38.5 Å². The van der Waals surface area contributed by atoms with Gasteiger partial charge >= 0.3 is 5.97 Å². The van der Waals surface area contributed by atoms with Gasteiger partial charge in [-0.2, -0.15) is 0 Å². The molecule has 0 amide bonds. The molecule has 1 N–H and O–H groups in total. The van der Waals surface area contributed by atoms with Crippen LogP contribution in [0.25, 0.3) is 0 Å². The number of hydrogen-bond acceptors (Lipinski definition) is 3. The Bertz CT molecular complexity index is 546. The van der Waals surface area contributed by atoms with Gasteiger partial charge in [0.25, 0.3) is 0 Å². The molecule has 1 aliphatic rings. The van der Waals surface area contributed by atoms with Crippen LogP contribution in [-0.2, 0) is 11.2 Å². The lowest BCUT2D eigenvalue weighted by Gasteiger charge is -2.03. The van der Waals surface area contributed by atoms with Crippen molar-refractivity contribution in [1.29, 1.82) is 0 Å². The van der Waals surface area contributed by atoms with Crippen LogP contribution in [0.3, 0.4) is 0 Å². The van der Waals surface area contributed by atoms with E-state index in [0.717, 1.165) is 36.8 Å². The van der Waals surface area contributed by atoms with E-state index in [-0.39, 0.29) is 0 Å². The normalized spacial score (nSPS) is 13.3. The number of unbranched alkanes of at least 4 members (excludes halogenated alkanes) is 4. The largest absolute Gasteiger partial charge is 0.478 e. The predicted molar refractivity (Wildman–Crippen MR) is 85.3 cm³/mol. The molecular weight excluding hydrogens is 280 g/mol. The summed E-state index contributed by atoms with van der Waals surface area (Å²) >= 11 is 0. The van der Waals surface area contributed by atoms with Gasteiger partial charge in [-0.3, -0.25) is 0 Å². The van der Waals surface area contributed by atoms with Gasteiger partial charge in [-0.25, -0.2) is 4.79 Å². The van der Waals surface area contributed by atoms with Gasteiger partial charge in [0.15, 0.2) is 11.5 Å². The van der Waals surface area contributed by atoms with Crippen molar-refractivity contribution >= 4 is 5.97 Å². The number of aryl methyl sites for hydroxylation is 1. The van der Waals surface area contributed by atoms with Gasteiger partial charge in [-0.15, -0.1) is 0 Å². The van der Waals surface area contributed by atoms with Crippen LogP contribution in [0.5, 0.6) is 11.5 Å². The lowest BCUT2D eigenvalue weighted by atomic mass is 10.0. The van der Waals surface area contributed by atoms with Crippen LogP contribution in [0.15, 0.2) is 42.5 Å². The molecule has 0 bridgehead atoms. The Hall–Kier alpha value is -2.23. The summed E-state index contributed by atoms with van der Waals surface area (Å²) < 4.78 is 10.7. The fourth-order valence-corrected chi connectivity index (χ4v) is 2.35. The second-order valence-electron chi connectivity index (χ2n) is 5.27. The number of benzene rings is 1. The number of ether oxygens (including phenoxy) is 2. The first kappa shape index (κ1) is 16.1. The van der Waals surface area contributed by atoms with E-state index in [1.807, 2.05) is 12.1 Å². The summed E-state index contributed by atoms with van der Waals surface area (Å²) in [7, 11) is 0. The van der Waals surface area contributed by atoms with E-state index < -0.39 is 5.97 Å². The Balaban J connectivity index is 1.53. The standard InChI is InChI=1S/C18H22O4/c19-18(20)10-8-6-4-2-1-3-5-7-9-15-11-12-16-17(13-15)22-14-21-16/h4,6,8,10-13H,1-3,5,7,9,14H2,(H,19,20)/b6-4+,10-8+. The molecule has 4 heteroatoms. The van der Waals surface area contributed by atoms with Gasteiger partial charge in [0.1, 0.15) is 0 Å². The van der Waals surface area contributed by atoms with E-state index in [9.17, 15) is 4.79 Å². The Morgan fingerprint density at radius 2 is 1.91 bits per heavy atom. The van der Waals surface area contributed by atoms with E-state index >= 15 is 0 Å². The predicted octanol–water partition coefficient (Wildman–Crippen LogP) is 4.11. The van der Waals surface area contributed by atoms with Crippen LogP contribution >= 0.6 is 0 Å². The quantitative estimate of drug-likeness (QED) is 0.424. The molecule has 118 valence electrons. The monoisotopic (exact) mass is 302 g/mol. The van der Waals surface area contributed by atoms with Crippen molar-refractivity contribution in [3.05, 3.63) is 48.1 Å². The second-order valence-corrected chi connectivity index (χ2v) is 5.27. The first-order valence-electron chi connectivity index (χ1n) is 7.70. The average molecular weight is 302 g/mol.